The summed E-state index contributed by atoms with van der Waals surface area (Å²) in [4.78, 5) is 28.0. The lowest BCUT2D eigenvalue weighted by Gasteiger charge is -2.31. The van der Waals surface area contributed by atoms with Gasteiger partial charge in [-0.05, 0) is 19.2 Å². The smallest absolute Gasteiger partial charge is 0.251 e. The normalized spacial score (nSPS) is 16.2. The van der Waals surface area contributed by atoms with E-state index in [1.54, 1.807) is 12.1 Å². The molecule has 2 amide bonds. The molecule has 0 saturated carbocycles. The monoisotopic (exact) mass is 304 g/mol. The van der Waals surface area contributed by atoms with Gasteiger partial charge in [0.2, 0.25) is 5.91 Å². The number of benzene rings is 1. The largest absolute Gasteiger partial charge is 0.353 e. The third-order valence-electron chi connectivity index (χ3n) is 3.73. The van der Waals surface area contributed by atoms with E-state index in [2.05, 4.69) is 27.5 Å². The maximum Gasteiger partial charge on any atom is 0.251 e. The lowest BCUT2D eigenvalue weighted by molar-refractivity contribution is -0.122. The Bertz CT molecular complexity index is 484. The van der Waals surface area contributed by atoms with Gasteiger partial charge in [-0.3, -0.25) is 14.5 Å². The predicted octanol–water partition coefficient (Wildman–Crippen LogP) is -0.220. The second-order valence-corrected chi connectivity index (χ2v) is 5.55. The molecule has 1 fully saturated rings. The van der Waals surface area contributed by atoms with E-state index in [9.17, 15) is 9.59 Å². The molecule has 1 heterocycles. The van der Waals surface area contributed by atoms with Crippen molar-refractivity contribution in [2.24, 2.45) is 0 Å². The number of likely N-dealkylation sites (N-methyl/N-ethyl adjacent to an activating group) is 1. The first-order valence-electron chi connectivity index (χ1n) is 7.66. The van der Waals surface area contributed by atoms with E-state index in [1.165, 1.54) is 0 Å². The van der Waals surface area contributed by atoms with Gasteiger partial charge in [-0.25, -0.2) is 0 Å². The Morgan fingerprint density at radius 1 is 1.00 bits per heavy atom. The first-order valence-corrected chi connectivity index (χ1v) is 7.66. The molecule has 6 nitrogen and oxygen atoms in total. The molecular formula is C16H24N4O2. The van der Waals surface area contributed by atoms with Gasteiger partial charge >= 0.3 is 0 Å². The summed E-state index contributed by atoms with van der Waals surface area (Å²) in [7, 11) is 2.09. The average Bonchev–Trinajstić information content (AvgIpc) is 2.54. The lowest BCUT2D eigenvalue weighted by atomic mass is 10.2. The molecule has 0 radical (unpaired) electrons. The summed E-state index contributed by atoms with van der Waals surface area (Å²) in [6.07, 6.45) is 0. The number of nitrogens with zero attached hydrogens (tertiary/aromatic N) is 2. The highest BCUT2D eigenvalue weighted by molar-refractivity contribution is 5.94. The van der Waals surface area contributed by atoms with E-state index in [0.29, 0.717) is 25.2 Å². The van der Waals surface area contributed by atoms with Gasteiger partial charge in [-0.1, -0.05) is 18.2 Å². The SMILES string of the molecule is CN1CCN(CC(=O)NCCNC(=O)c2ccccc2)CC1. The summed E-state index contributed by atoms with van der Waals surface area (Å²) in [6.45, 7) is 5.16. The van der Waals surface area contributed by atoms with Gasteiger partial charge < -0.3 is 15.5 Å². The van der Waals surface area contributed by atoms with Crippen molar-refractivity contribution in [3.8, 4) is 0 Å². The van der Waals surface area contributed by atoms with Gasteiger partial charge in [0.25, 0.3) is 5.91 Å². The summed E-state index contributed by atoms with van der Waals surface area (Å²) in [5.41, 5.74) is 0.631. The topological polar surface area (TPSA) is 64.7 Å². The number of piperazine rings is 1. The Labute approximate surface area is 131 Å². The van der Waals surface area contributed by atoms with Crippen molar-refractivity contribution in [3.05, 3.63) is 35.9 Å². The fourth-order valence-electron chi connectivity index (χ4n) is 2.33. The molecule has 1 aliphatic rings. The second-order valence-electron chi connectivity index (χ2n) is 5.55. The molecule has 6 heteroatoms. The zero-order chi connectivity index (χ0) is 15.8. The summed E-state index contributed by atoms with van der Waals surface area (Å²) in [5.74, 6) is -0.104. The molecule has 0 spiro atoms. The predicted molar refractivity (Wildman–Crippen MR) is 85.7 cm³/mol. The molecule has 1 aliphatic heterocycles. The average molecular weight is 304 g/mol. The molecular weight excluding hydrogens is 280 g/mol. The van der Waals surface area contributed by atoms with Crippen molar-refractivity contribution in [2.75, 3.05) is 52.9 Å². The van der Waals surface area contributed by atoms with Crippen LogP contribution in [-0.4, -0.2) is 74.5 Å². The lowest BCUT2D eigenvalue weighted by Crippen LogP contribution is -2.48. The first-order chi connectivity index (χ1) is 10.6. The van der Waals surface area contributed by atoms with E-state index in [1.807, 2.05) is 18.2 Å². The Hall–Kier alpha value is -1.92. The maximum atomic E-state index is 11.8. The number of carbonyl (C=O) groups is 2. The first kappa shape index (κ1) is 16.5. The number of rotatable bonds is 6. The molecule has 0 unspecified atom stereocenters. The van der Waals surface area contributed by atoms with Crippen LogP contribution in [0.4, 0.5) is 0 Å². The van der Waals surface area contributed by atoms with Gasteiger partial charge in [-0.2, -0.15) is 0 Å². The van der Waals surface area contributed by atoms with Crippen molar-refractivity contribution < 1.29 is 9.59 Å². The highest BCUT2D eigenvalue weighted by Gasteiger charge is 2.16. The number of nitrogens with one attached hydrogen (secondary N) is 2. The van der Waals surface area contributed by atoms with Gasteiger partial charge in [0.15, 0.2) is 0 Å². The maximum absolute atomic E-state index is 11.8. The van der Waals surface area contributed by atoms with E-state index in [-0.39, 0.29) is 11.8 Å². The standard InChI is InChI=1S/C16H24N4O2/c1-19-9-11-20(12-10-19)13-15(21)17-7-8-18-16(22)14-5-3-2-4-6-14/h2-6H,7-13H2,1H3,(H,17,21)(H,18,22). The van der Waals surface area contributed by atoms with Crippen LogP contribution in [0.15, 0.2) is 30.3 Å². The molecule has 0 aliphatic carbocycles. The Balaban J connectivity index is 1.58. The van der Waals surface area contributed by atoms with Crippen molar-refractivity contribution in [1.82, 2.24) is 20.4 Å². The highest BCUT2D eigenvalue weighted by atomic mass is 16.2. The van der Waals surface area contributed by atoms with Gasteiger partial charge in [-0.15, -0.1) is 0 Å². The van der Waals surface area contributed by atoms with Crippen LogP contribution in [0.2, 0.25) is 0 Å². The van der Waals surface area contributed by atoms with Crippen LogP contribution < -0.4 is 10.6 Å². The van der Waals surface area contributed by atoms with Gasteiger partial charge in [0, 0.05) is 44.8 Å². The number of carbonyl (C=O) groups excluding carboxylic acids is 2. The van der Waals surface area contributed by atoms with E-state index >= 15 is 0 Å². The Kier molecular flexibility index (Phi) is 6.36. The summed E-state index contributed by atoms with van der Waals surface area (Å²) in [6, 6.07) is 9.05. The van der Waals surface area contributed by atoms with Gasteiger partial charge in [0.1, 0.15) is 0 Å². The minimum Gasteiger partial charge on any atom is -0.353 e. The zero-order valence-corrected chi connectivity index (χ0v) is 13.0. The molecule has 1 aromatic carbocycles. The molecule has 2 N–H and O–H groups in total. The number of hydrogen-bond acceptors (Lipinski definition) is 4. The minimum absolute atomic E-state index is 0.0125. The molecule has 0 bridgehead atoms. The van der Waals surface area contributed by atoms with E-state index < -0.39 is 0 Å². The van der Waals surface area contributed by atoms with Crippen LogP contribution in [0.5, 0.6) is 0 Å². The molecule has 22 heavy (non-hydrogen) atoms. The number of amides is 2. The molecule has 1 aromatic rings. The molecule has 0 aromatic heterocycles. The summed E-state index contributed by atoms with van der Waals surface area (Å²) >= 11 is 0. The third kappa shape index (κ3) is 5.46. The molecule has 2 rings (SSSR count). The van der Waals surface area contributed by atoms with E-state index in [4.69, 9.17) is 0 Å². The molecule has 0 atom stereocenters. The van der Waals surface area contributed by atoms with Crippen LogP contribution in [-0.2, 0) is 4.79 Å². The van der Waals surface area contributed by atoms with Crippen LogP contribution >= 0.6 is 0 Å². The van der Waals surface area contributed by atoms with Crippen molar-refractivity contribution in [1.29, 1.82) is 0 Å². The van der Waals surface area contributed by atoms with Crippen molar-refractivity contribution in [2.45, 2.75) is 0 Å². The summed E-state index contributed by atoms with van der Waals surface area (Å²) < 4.78 is 0. The fraction of sp³-hybridized carbons (Fsp3) is 0.500. The van der Waals surface area contributed by atoms with Crippen molar-refractivity contribution >= 4 is 11.8 Å². The van der Waals surface area contributed by atoms with Crippen LogP contribution in [0, 0.1) is 0 Å². The highest BCUT2D eigenvalue weighted by Crippen LogP contribution is 1.98. The quantitative estimate of drug-likeness (QED) is 0.713. The summed E-state index contributed by atoms with van der Waals surface area (Å²) in [5, 5.41) is 5.63. The van der Waals surface area contributed by atoms with Gasteiger partial charge in [0.05, 0.1) is 6.54 Å². The van der Waals surface area contributed by atoms with Crippen LogP contribution in [0.3, 0.4) is 0 Å². The van der Waals surface area contributed by atoms with Crippen LogP contribution in [0.1, 0.15) is 10.4 Å². The molecule has 120 valence electrons. The van der Waals surface area contributed by atoms with E-state index in [0.717, 1.165) is 26.2 Å². The third-order valence-corrected chi connectivity index (χ3v) is 3.73. The second kappa shape index (κ2) is 8.51. The van der Waals surface area contributed by atoms with Crippen molar-refractivity contribution in [3.63, 3.8) is 0 Å². The minimum atomic E-state index is -0.117. The molecule has 1 saturated heterocycles. The zero-order valence-electron chi connectivity index (χ0n) is 13.0. The Morgan fingerprint density at radius 3 is 2.32 bits per heavy atom. The van der Waals surface area contributed by atoms with Crippen LogP contribution in [0.25, 0.3) is 0 Å². The number of hydrogen-bond donors (Lipinski definition) is 2. The fourth-order valence-corrected chi connectivity index (χ4v) is 2.33. The Morgan fingerprint density at radius 2 is 1.64 bits per heavy atom.